The molecule has 0 spiro atoms. The molecule has 0 radical (unpaired) electrons. The first-order chi connectivity index (χ1) is 9.40. The molecule has 1 saturated carbocycles. The Kier molecular flexibility index (Phi) is 1.87. The van der Waals surface area contributed by atoms with E-state index in [4.69, 9.17) is 0 Å². The number of nitrogens with zero attached hydrogens (tertiary/aromatic N) is 2. The summed E-state index contributed by atoms with van der Waals surface area (Å²) in [6, 6.07) is 3.53. The number of hydrogen-bond acceptors (Lipinski definition) is 2. The van der Waals surface area contributed by atoms with E-state index in [1.807, 2.05) is 6.20 Å². The SMILES string of the molecule is C1=Cc2c(ncc3ccn([C@@H]4C[C@@H]5CN[C@H]4C5)c23)C1. The molecule has 1 saturated heterocycles. The molecule has 0 amide bonds. The van der Waals surface area contributed by atoms with Crippen molar-refractivity contribution in [3.63, 3.8) is 0 Å². The fourth-order valence-electron chi connectivity index (χ4n) is 4.25. The van der Waals surface area contributed by atoms with Gasteiger partial charge in [-0.3, -0.25) is 4.98 Å². The lowest BCUT2D eigenvalue weighted by Crippen LogP contribution is -2.34. The molecule has 2 aromatic rings. The number of hydrogen-bond donors (Lipinski definition) is 1. The molecule has 2 bridgehead atoms. The van der Waals surface area contributed by atoms with Gasteiger partial charge >= 0.3 is 0 Å². The zero-order valence-electron chi connectivity index (χ0n) is 10.8. The Bertz CT molecular complexity index is 697. The Morgan fingerprint density at radius 3 is 3.16 bits per heavy atom. The number of rotatable bonds is 1. The minimum absolute atomic E-state index is 0.636. The van der Waals surface area contributed by atoms with E-state index in [9.17, 15) is 0 Å². The first-order valence-electron chi connectivity index (χ1n) is 7.28. The molecule has 19 heavy (non-hydrogen) atoms. The van der Waals surface area contributed by atoms with E-state index >= 15 is 0 Å². The highest BCUT2D eigenvalue weighted by Gasteiger charge is 2.40. The molecule has 2 aliphatic carbocycles. The minimum Gasteiger partial charge on any atom is -0.342 e. The van der Waals surface area contributed by atoms with Gasteiger partial charge in [-0.25, -0.2) is 0 Å². The van der Waals surface area contributed by atoms with E-state index in [0.29, 0.717) is 12.1 Å². The molecular formula is C16H17N3. The van der Waals surface area contributed by atoms with Gasteiger partial charge in [0.25, 0.3) is 0 Å². The van der Waals surface area contributed by atoms with Crippen LogP contribution in [0.2, 0.25) is 0 Å². The molecule has 3 aliphatic rings. The van der Waals surface area contributed by atoms with Gasteiger partial charge in [-0.15, -0.1) is 0 Å². The van der Waals surface area contributed by atoms with Crippen molar-refractivity contribution < 1.29 is 0 Å². The van der Waals surface area contributed by atoms with Crippen LogP contribution in [0, 0.1) is 5.92 Å². The van der Waals surface area contributed by atoms with Crippen LogP contribution in [0.15, 0.2) is 24.5 Å². The zero-order chi connectivity index (χ0) is 12.4. The molecule has 1 N–H and O–H groups in total. The standard InChI is InChI=1S/C16H17N3/c1-2-12-13(3-1)18-9-11-4-5-19(16(11)12)15-7-10-6-14(15)17-8-10/h1-2,4-5,9-10,14-15,17H,3,6-8H2/t10-,14+,15-/m1/s1. The van der Waals surface area contributed by atoms with Crippen LogP contribution in [0.5, 0.6) is 0 Å². The van der Waals surface area contributed by atoms with Gasteiger partial charge in [-0.2, -0.15) is 0 Å². The largest absolute Gasteiger partial charge is 0.342 e. The maximum atomic E-state index is 4.58. The van der Waals surface area contributed by atoms with Crippen molar-refractivity contribution in [2.24, 2.45) is 5.92 Å². The summed E-state index contributed by atoms with van der Waals surface area (Å²) in [5.74, 6) is 0.887. The lowest BCUT2D eigenvalue weighted by Gasteiger charge is -2.26. The van der Waals surface area contributed by atoms with Crippen molar-refractivity contribution in [3.8, 4) is 0 Å². The lowest BCUT2D eigenvalue weighted by molar-refractivity contribution is 0.367. The van der Waals surface area contributed by atoms with E-state index in [2.05, 4.69) is 39.3 Å². The number of allylic oxidation sites excluding steroid dienone is 1. The van der Waals surface area contributed by atoms with Gasteiger partial charge in [-0.05, 0) is 31.4 Å². The molecule has 1 aliphatic heterocycles. The Morgan fingerprint density at radius 1 is 1.32 bits per heavy atom. The highest BCUT2D eigenvalue weighted by Crippen LogP contribution is 2.41. The normalized spacial score (nSPS) is 31.5. The molecule has 2 aromatic heterocycles. The Balaban J connectivity index is 1.73. The van der Waals surface area contributed by atoms with Gasteiger partial charge < -0.3 is 9.88 Å². The van der Waals surface area contributed by atoms with Gasteiger partial charge in [0, 0.05) is 41.8 Å². The Morgan fingerprint density at radius 2 is 2.32 bits per heavy atom. The Hall–Kier alpha value is -1.61. The average molecular weight is 251 g/mol. The molecule has 2 fully saturated rings. The molecule has 3 nitrogen and oxygen atoms in total. The minimum atomic E-state index is 0.636. The molecule has 96 valence electrons. The van der Waals surface area contributed by atoms with Crippen LogP contribution >= 0.6 is 0 Å². The van der Waals surface area contributed by atoms with Crippen LogP contribution in [0.1, 0.15) is 30.1 Å². The fourth-order valence-corrected chi connectivity index (χ4v) is 4.25. The van der Waals surface area contributed by atoms with Crippen molar-refractivity contribution in [1.82, 2.24) is 14.9 Å². The maximum absolute atomic E-state index is 4.58. The molecule has 5 rings (SSSR count). The number of aromatic nitrogens is 2. The summed E-state index contributed by atoms with van der Waals surface area (Å²) in [6.45, 7) is 1.22. The van der Waals surface area contributed by atoms with Gasteiger partial charge in [0.2, 0.25) is 0 Å². The number of fused-ring (bicyclic) bond motifs is 5. The lowest BCUT2D eigenvalue weighted by atomic mass is 10.1. The van der Waals surface area contributed by atoms with Crippen LogP contribution in [0.25, 0.3) is 17.0 Å². The van der Waals surface area contributed by atoms with Crippen LogP contribution in [0.3, 0.4) is 0 Å². The quantitative estimate of drug-likeness (QED) is 0.844. The van der Waals surface area contributed by atoms with Crippen molar-refractivity contribution in [2.75, 3.05) is 6.54 Å². The summed E-state index contributed by atoms with van der Waals surface area (Å²) in [4.78, 5) is 4.58. The topological polar surface area (TPSA) is 29.9 Å². The van der Waals surface area contributed by atoms with Gasteiger partial charge in [0.15, 0.2) is 0 Å². The maximum Gasteiger partial charge on any atom is 0.0591 e. The van der Waals surface area contributed by atoms with E-state index < -0.39 is 0 Å². The van der Waals surface area contributed by atoms with Crippen LogP contribution in [0.4, 0.5) is 0 Å². The van der Waals surface area contributed by atoms with E-state index in [-0.39, 0.29) is 0 Å². The summed E-state index contributed by atoms with van der Waals surface area (Å²) in [6.07, 6.45) is 12.5. The second-order valence-corrected chi connectivity index (χ2v) is 6.17. The third-order valence-corrected chi connectivity index (χ3v) is 5.12. The van der Waals surface area contributed by atoms with Gasteiger partial charge in [0.05, 0.1) is 11.2 Å². The summed E-state index contributed by atoms with van der Waals surface area (Å²) in [7, 11) is 0. The van der Waals surface area contributed by atoms with Crippen molar-refractivity contribution in [2.45, 2.75) is 31.3 Å². The Labute approximate surface area is 112 Å². The summed E-state index contributed by atoms with van der Waals surface area (Å²) in [5.41, 5.74) is 3.99. The predicted molar refractivity (Wildman–Crippen MR) is 76.0 cm³/mol. The van der Waals surface area contributed by atoms with E-state index in [1.165, 1.54) is 41.5 Å². The van der Waals surface area contributed by atoms with Crippen molar-refractivity contribution in [3.05, 3.63) is 35.8 Å². The molecule has 3 heterocycles. The van der Waals surface area contributed by atoms with E-state index in [1.54, 1.807) is 0 Å². The molecule has 0 aromatic carbocycles. The summed E-state index contributed by atoms with van der Waals surface area (Å²) < 4.78 is 2.52. The van der Waals surface area contributed by atoms with Crippen LogP contribution in [-0.2, 0) is 6.42 Å². The third kappa shape index (κ3) is 1.29. The second kappa shape index (κ2) is 3.48. The predicted octanol–water partition coefficient (Wildman–Crippen LogP) is 2.53. The smallest absolute Gasteiger partial charge is 0.0591 e. The molecule has 3 heteroatoms. The van der Waals surface area contributed by atoms with Crippen molar-refractivity contribution in [1.29, 1.82) is 0 Å². The van der Waals surface area contributed by atoms with Gasteiger partial charge in [0.1, 0.15) is 0 Å². The summed E-state index contributed by atoms with van der Waals surface area (Å²) >= 11 is 0. The highest BCUT2D eigenvalue weighted by atomic mass is 15.1. The molecule has 3 atom stereocenters. The zero-order valence-corrected chi connectivity index (χ0v) is 10.8. The van der Waals surface area contributed by atoms with Crippen LogP contribution < -0.4 is 5.32 Å². The number of nitrogens with one attached hydrogen (secondary N) is 1. The first kappa shape index (κ1) is 10.2. The average Bonchev–Trinajstić information content (AvgIpc) is 3.19. The number of pyridine rings is 1. The monoisotopic (exact) mass is 251 g/mol. The third-order valence-electron chi connectivity index (χ3n) is 5.12. The highest BCUT2D eigenvalue weighted by molar-refractivity contribution is 5.90. The molecule has 0 unspecified atom stereocenters. The molecular weight excluding hydrogens is 234 g/mol. The second-order valence-electron chi connectivity index (χ2n) is 6.17. The first-order valence-corrected chi connectivity index (χ1v) is 7.28. The number of piperidine rings is 1. The van der Waals surface area contributed by atoms with Crippen molar-refractivity contribution >= 4 is 17.0 Å². The fraction of sp³-hybridized carbons (Fsp3) is 0.438. The summed E-state index contributed by atoms with van der Waals surface area (Å²) in [5, 5.41) is 4.96. The van der Waals surface area contributed by atoms with Crippen LogP contribution in [-0.4, -0.2) is 22.1 Å². The van der Waals surface area contributed by atoms with Gasteiger partial charge in [-0.1, -0.05) is 12.2 Å². The van der Waals surface area contributed by atoms with E-state index in [0.717, 1.165) is 12.3 Å².